The van der Waals surface area contributed by atoms with Gasteiger partial charge in [0, 0.05) is 25.1 Å². The molecule has 0 unspecified atom stereocenters. The number of nitrogens with two attached hydrogens (primary N) is 1. The Morgan fingerprint density at radius 3 is 2.76 bits per heavy atom. The van der Waals surface area contributed by atoms with Crippen LogP contribution in [0.1, 0.15) is 17.0 Å². The molecule has 0 aromatic carbocycles. The second-order valence-corrected chi connectivity index (χ2v) is 4.42. The third-order valence-corrected chi connectivity index (χ3v) is 3.33. The maximum atomic E-state index is 6.19. The SMILES string of the molecule is Cc1nn(C)c(CCc2cnccc2N)c1Cl. The number of pyridine rings is 1. The van der Waals surface area contributed by atoms with E-state index in [2.05, 4.69) is 10.1 Å². The molecule has 17 heavy (non-hydrogen) atoms. The zero-order valence-corrected chi connectivity index (χ0v) is 10.7. The highest BCUT2D eigenvalue weighted by molar-refractivity contribution is 6.31. The van der Waals surface area contributed by atoms with Gasteiger partial charge in [0.1, 0.15) is 0 Å². The molecule has 0 atom stereocenters. The number of aryl methyl sites for hydroxylation is 3. The normalized spacial score (nSPS) is 10.8. The third-order valence-electron chi connectivity index (χ3n) is 2.83. The Morgan fingerprint density at radius 1 is 1.41 bits per heavy atom. The standard InChI is InChI=1S/C12H15ClN4/c1-8-12(13)11(17(2)16-8)4-3-9-7-15-6-5-10(9)14/h5-7H,3-4H2,1-2H3,(H2,14,15). The summed E-state index contributed by atoms with van der Waals surface area (Å²) in [5.74, 6) is 0. The van der Waals surface area contributed by atoms with Crippen molar-refractivity contribution in [1.29, 1.82) is 0 Å². The molecule has 4 nitrogen and oxygen atoms in total. The van der Waals surface area contributed by atoms with Crippen LogP contribution in [0.25, 0.3) is 0 Å². The predicted octanol–water partition coefficient (Wildman–Crippen LogP) is 2.14. The van der Waals surface area contributed by atoms with E-state index in [1.54, 1.807) is 12.4 Å². The van der Waals surface area contributed by atoms with Crippen LogP contribution in [0.15, 0.2) is 18.5 Å². The lowest BCUT2D eigenvalue weighted by molar-refractivity contribution is 0.697. The van der Waals surface area contributed by atoms with Crippen molar-refractivity contribution in [2.75, 3.05) is 5.73 Å². The topological polar surface area (TPSA) is 56.7 Å². The van der Waals surface area contributed by atoms with Crippen LogP contribution in [0, 0.1) is 6.92 Å². The van der Waals surface area contributed by atoms with Gasteiger partial charge in [-0.1, -0.05) is 11.6 Å². The summed E-state index contributed by atoms with van der Waals surface area (Å²) in [4.78, 5) is 4.07. The van der Waals surface area contributed by atoms with E-state index in [0.717, 1.165) is 40.5 Å². The zero-order valence-electron chi connectivity index (χ0n) is 9.94. The molecule has 2 N–H and O–H groups in total. The highest BCUT2D eigenvalue weighted by Crippen LogP contribution is 2.21. The highest BCUT2D eigenvalue weighted by atomic mass is 35.5. The number of nitrogen functional groups attached to an aromatic ring is 1. The number of nitrogens with zero attached hydrogens (tertiary/aromatic N) is 3. The summed E-state index contributed by atoms with van der Waals surface area (Å²) in [6, 6.07) is 1.81. The van der Waals surface area contributed by atoms with Gasteiger partial charge in [-0.15, -0.1) is 0 Å². The van der Waals surface area contributed by atoms with Crippen LogP contribution in [0.3, 0.4) is 0 Å². The largest absolute Gasteiger partial charge is 0.398 e. The Balaban J connectivity index is 2.15. The molecule has 0 amide bonds. The lowest BCUT2D eigenvalue weighted by Gasteiger charge is -2.05. The van der Waals surface area contributed by atoms with Gasteiger partial charge in [0.25, 0.3) is 0 Å². The first-order chi connectivity index (χ1) is 8.09. The predicted molar refractivity (Wildman–Crippen MR) is 69.0 cm³/mol. The van der Waals surface area contributed by atoms with Gasteiger partial charge in [-0.3, -0.25) is 9.67 Å². The molecule has 2 aromatic rings. The number of hydrogen-bond donors (Lipinski definition) is 1. The molecule has 0 bridgehead atoms. The highest BCUT2D eigenvalue weighted by Gasteiger charge is 2.11. The minimum atomic E-state index is 0.745. The number of aromatic nitrogens is 3. The molecule has 2 aromatic heterocycles. The monoisotopic (exact) mass is 250 g/mol. The minimum Gasteiger partial charge on any atom is -0.398 e. The first kappa shape index (κ1) is 11.9. The Labute approximate surface area is 105 Å². The van der Waals surface area contributed by atoms with Crippen LogP contribution in [0.5, 0.6) is 0 Å². The van der Waals surface area contributed by atoms with E-state index in [-0.39, 0.29) is 0 Å². The van der Waals surface area contributed by atoms with Crippen molar-refractivity contribution < 1.29 is 0 Å². The van der Waals surface area contributed by atoms with Gasteiger partial charge in [-0.05, 0) is 31.4 Å². The van der Waals surface area contributed by atoms with Crippen LogP contribution < -0.4 is 5.73 Å². The van der Waals surface area contributed by atoms with Crippen molar-refractivity contribution in [3.05, 3.63) is 40.4 Å². The van der Waals surface area contributed by atoms with E-state index in [1.807, 2.05) is 24.7 Å². The maximum absolute atomic E-state index is 6.19. The second-order valence-electron chi connectivity index (χ2n) is 4.04. The Morgan fingerprint density at radius 2 is 2.18 bits per heavy atom. The quantitative estimate of drug-likeness (QED) is 0.908. The summed E-state index contributed by atoms with van der Waals surface area (Å²) in [5, 5.41) is 5.03. The smallest absolute Gasteiger partial charge is 0.0847 e. The number of hydrogen-bond acceptors (Lipinski definition) is 3. The molecule has 0 saturated heterocycles. The van der Waals surface area contributed by atoms with E-state index >= 15 is 0 Å². The van der Waals surface area contributed by atoms with Crippen molar-refractivity contribution in [3.8, 4) is 0 Å². The Hall–Kier alpha value is -1.55. The van der Waals surface area contributed by atoms with Crippen LogP contribution in [-0.2, 0) is 19.9 Å². The summed E-state index contributed by atoms with van der Waals surface area (Å²) in [6.07, 6.45) is 5.12. The van der Waals surface area contributed by atoms with Crippen LogP contribution in [0.4, 0.5) is 5.69 Å². The average molecular weight is 251 g/mol. The van der Waals surface area contributed by atoms with Gasteiger partial charge in [-0.25, -0.2) is 0 Å². The van der Waals surface area contributed by atoms with Gasteiger partial charge in [0.15, 0.2) is 0 Å². The van der Waals surface area contributed by atoms with Crippen molar-refractivity contribution >= 4 is 17.3 Å². The van der Waals surface area contributed by atoms with E-state index in [4.69, 9.17) is 17.3 Å². The molecule has 0 aliphatic heterocycles. The fraction of sp³-hybridized carbons (Fsp3) is 0.333. The molecule has 0 spiro atoms. The van der Waals surface area contributed by atoms with Gasteiger partial charge >= 0.3 is 0 Å². The lowest BCUT2D eigenvalue weighted by Crippen LogP contribution is -2.03. The van der Waals surface area contributed by atoms with Crippen molar-refractivity contribution in [2.24, 2.45) is 7.05 Å². The number of halogens is 1. The second kappa shape index (κ2) is 4.75. The molecular formula is C12H15ClN4. The molecule has 0 radical (unpaired) electrons. The fourth-order valence-electron chi connectivity index (χ4n) is 1.85. The van der Waals surface area contributed by atoms with Crippen molar-refractivity contribution in [2.45, 2.75) is 19.8 Å². The molecule has 90 valence electrons. The van der Waals surface area contributed by atoms with Gasteiger partial charge in [0.05, 0.1) is 16.4 Å². The Bertz CT molecular complexity index is 533. The summed E-state index contributed by atoms with van der Waals surface area (Å²) in [6.45, 7) is 1.91. The molecule has 0 aliphatic carbocycles. The summed E-state index contributed by atoms with van der Waals surface area (Å²) in [5.41, 5.74) is 9.59. The van der Waals surface area contributed by atoms with Crippen LogP contribution in [-0.4, -0.2) is 14.8 Å². The molecule has 0 saturated carbocycles. The molecule has 0 aliphatic rings. The van der Waals surface area contributed by atoms with Gasteiger partial charge in [0.2, 0.25) is 0 Å². The Kier molecular flexibility index (Phi) is 3.33. The van der Waals surface area contributed by atoms with E-state index in [1.165, 1.54) is 0 Å². The molecule has 2 heterocycles. The maximum Gasteiger partial charge on any atom is 0.0847 e. The van der Waals surface area contributed by atoms with E-state index < -0.39 is 0 Å². The van der Waals surface area contributed by atoms with Crippen molar-refractivity contribution in [3.63, 3.8) is 0 Å². The number of rotatable bonds is 3. The lowest BCUT2D eigenvalue weighted by atomic mass is 10.1. The summed E-state index contributed by atoms with van der Waals surface area (Å²) < 4.78 is 1.82. The molecule has 2 rings (SSSR count). The van der Waals surface area contributed by atoms with E-state index in [9.17, 15) is 0 Å². The average Bonchev–Trinajstić information content (AvgIpc) is 2.53. The van der Waals surface area contributed by atoms with Crippen LogP contribution >= 0.6 is 11.6 Å². The first-order valence-electron chi connectivity index (χ1n) is 5.46. The zero-order chi connectivity index (χ0) is 12.4. The number of anilines is 1. The van der Waals surface area contributed by atoms with Crippen molar-refractivity contribution in [1.82, 2.24) is 14.8 Å². The molecule has 0 fully saturated rings. The third kappa shape index (κ3) is 2.42. The summed E-state index contributed by atoms with van der Waals surface area (Å²) in [7, 11) is 1.90. The van der Waals surface area contributed by atoms with E-state index in [0.29, 0.717) is 0 Å². The fourth-order valence-corrected chi connectivity index (χ4v) is 2.11. The van der Waals surface area contributed by atoms with Gasteiger partial charge in [-0.2, -0.15) is 5.10 Å². The first-order valence-corrected chi connectivity index (χ1v) is 5.83. The summed E-state index contributed by atoms with van der Waals surface area (Å²) >= 11 is 6.19. The van der Waals surface area contributed by atoms with Crippen LogP contribution in [0.2, 0.25) is 5.02 Å². The minimum absolute atomic E-state index is 0.745. The molecule has 5 heteroatoms. The molecular weight excluding hydrogens is 236 g/mol. The van der Waals surface area contributed by atoms with Gasteiger partial charge < -0.3 is 5.73 Å².